The summed E-state index contributed by atoms with van der Waals surface area (Å²) in [5, 5.41) is -0.0181. The second kappa shape index (κ2) is 4.86. The largest absolute Gasteiger partial charge is 0.442 e. The third-order valence-corrected chi connectivity index (χ3v) is 2.01. The Morgan fingerprint density at radius 1 is 1.47 bits per heavy atom. The van der Waals surface area contributed by atoms with E-state index in [9.17, 15) is 4.79 Å². The SMILES string of the molecule is CC(C)(C)OC(=O)NO[C@@H]1C=C[C@H](Cl)C1. The molecule has 0 radical (unpaired) electrons. The average molecular weight is 234 g/mol. The van der Waals surface area contributed by atoms with E-state index in [-0.39, 0.29) is 11.5 Å². The van der Waals surface area contributed by atoms with Crippen molar-refractivity contribution in [2.75, 3.05) is 0 Å². The lowest BCUT2D eigenvalue weighted by molar-refractivity contribution is -0.0267. The number of hydroxylamine groups is 1. The number of carbonyl (C=O) groups excluding carboxylic acids is 1. The normalized spacial score (nSPS) is 25.3. The van der Waals surface area contributed by atoms with Gasteiger partial charge in [0.05, 0.1) is 5.38 Å². The molecule has 1 rings (SSSR count). The first-order valence-electron chi connectivity index (χ1n) is 4.84. The van der Waals surface area contributed by atoms with Gasteiger partial charge >= 0.3 is 6.09 Å². The average Bonchev–Trinajstić information content (AvgIpc) is 2.45. The summed E-state index contributed by atoms with van der Waals surface area (Å²) in [5.41, 5.74) is 1.71. The molecule has 0 aromatic carbocycles. The molecule has 0 bridgehead atoms. The van der Waals surface area contributed by atoms with E-state index < -0.39 is 11.7 Å². The Bertz CT molecular complexity index is 260. The molecule has 0 spiro atoms. The molecule has 0 aliphatic heterocycles. The maximum Gasteiger partial charge on any atom is 0.431 e. The molecule has 2 atom stereocenters. The van der Waals surface area contributed by atoms with E-state index in [4.69, 9.17) is 21.2 Å². The van der Waals surface area contributed by atoms with Crippen LogP contribution in [0.5, 0.6) is 0 Å². The third-order valence-electron chi connectivity index (χ3n) is 1.68. The van der Waals surface area contributed by atoms with Crippen molar-refractivity contribution < 1.29 is 14.4 Å². The molecule has 15 heavy (non-hydrogen) atoms. The molecule has 0 fully saturated rings. The van der Waals surface area contributed by atoms with E-state index >= 15 is 0 Å². The number of rotatable bonds is 2. The Hall–Kier alpha value is -0.740. The summed E-state index contributed by atoms with van der Waals surface area (Å²) in [6.45, 7) is 5.37. The molecule has 5 heteroatoms. The van der Waals surface area contributed by atoms with Crippen LogP contribution < -0.4 is 5.48 Å². The number of nitrogens with one attached hydrogen (secondary N) is 1. The highest BCUT2D eigenvalue weighted by Gasteiger charge is 2.20. The van der Waals surface area contributed by atoms with Crippen LogP contribution in [0.2, 0.25) is 0 Å². The van der Waals surface area contributed by atoms with Gasteiger partial charge in [-0.15, -0.1) is 11.6 Å². The quantitative estimate of drug-likeness (QED) is 0.453. The molecule has 0 aromatic heterocycles. The fourth-order valence-electron chi connectivity index (χ4n) is 1.13. The van der Waals surface area contributed by atoms with Crippen LogP contribution in [0.4, 0.5) is 4.79 Å². The maximum atomic E-state index is 11.2. The van der Waals surface area contributed by atoms with Crippen LogP contribution in [0.15, 0.2) is 12.2 Å². The molecular weight excluding hydrogens is 218 g/mol. The number of carbonyl (C=O) groups is 1. The zero-order chi connectivity index (χ0) is 11.5. The van der Waals surface area contributed by atoms with Crippen molar-refractivity contribution in [2.45, 2.75) is 44.3 Å². The summed E-state index contributed by atoms with van der Waals surface area (Å²) in [6.07, 6.45) is 3.56. The zero-order valence-corrected chi connectivity index (χ0v) is 9.88. The Balaban J connectivity index is 2.20. The summed E-state index contributed by atoms with van der Waals surface area (Å²) >= 11 is 5.82. The minimum Gasteiger partial charge on any atom is -0.442 e. The van der Waals surface area contributed by atoms with Crippen molar-refractivity contribution in [3.05, 3.63) is 12.2 Å². The van der Waals surface area contributed by atoms with E-state index in [0.717, 1.165) is 0 Å². The standard InChI is InChI=1S/C10H16ClNO3/c1-10(2,3)14-9(13)12-15-8-5-4-7(11)6-8/h4-5,7-8H,6H2,1-3H3,(H,12,13)/t7-,8+/m0/s1. The first-order chi connectivity index (χ1) is 6.87. The molecule has 0 heterocycles. The molecule has 1 amide bonds. The maximum absolute atomic E-state index is 11.2. The number of halogens is 1. The van der Waals surface area contributed by atoms with Gasteiger partial charge < -0.3 is 4.74 Å². The van der Waals surface area contributed by atoms with E-state index in [1.54, 1.807) is 20.8 Å². The molecule has 1 N–H and O–H groups in total. The van der Waals surface area contributed by atoms with Gasteiger partial charge in [-0.1, -0.05) is 12.2 Å². The Labute approximate surface area is 94.5 Å². The van der Waals surface area contributed by atoms with Crippen LogP contribution in [0, 0.1) is 0 Å². The summed E-state index contributed by atoms with van der Waals surface area (Å²) in [5.74, 6) is 0. The van der Waals surface area contributed by atoms with Crippen LogP contribution >= 0.6 is 11.6 Å². The number of hydrogen-bond acceptors (Lipinski definition) is 3. The summed E-state index contributed by atoms with van der Waals surface area (Å²) < 4.78 is 4.99. The van der Waals surface area contributed by atoms with Crippen molar-refractivity contribution in [3.8, 4) is 0 Å². The van der Waals surface area contributed by atoms with Crippen molar-refractivity contribution >= 4 is 17.7 Å². The van der Waals surface area contributed by atoms with E-state index in [2.05, 4.69) is 5.48 Å². The van der Waals surface area contributed by atoms with E-state index in [1.165, 1.54) is 0 Å². The molecule has 0 saturated carbocycles. The zero-order valence-electron chi connectivity index (χ0n) is 9.12. The smallest absolute Gasteiger partial charge is 0.431 e. The second-order valence-corrected chi connectivity index (χ2v) is 4.96. The molecule has 0 unspecified atom stereocenters. The van der Waals surface area contributed by atoms with Gasteiger partial charge in [-0.05, 0) is 27.2 Å². The van der Waals surface area contributed by atoms with E-state index in [1.807, 2.05) is 12.2 Å². The topological polar surface area (TPSA) is 47.6 Å². The predicted octanol–water partition coefficient (Wildman–Crippen LogP) is 2.38. The van der Waals surface area contributed by atoms with Crippen LogP contribution in [0.1, 0.15) is 27.2 Å². The van der Waals surface area contributed by atoms with Gasteiger partial charge in [-0.2, -0.15) is 5.48 Å². The fraction of sp³-hybridized carbons (Fsp3) is 0.700. The van der Waals surface area contributed by atoms with Crippen molar-refractivity contribution in [2.24, 2.45) is 0 Å². The molecule has 0 aromatic rings. The number of ether oxygens (including phenoxy) is 1. The Morgan fingerprint density at radius 3 is 2.60 bits per heavy atom. The van der Waals surface area contributed by atoms with E-state index in [0.29, 0.717) is 6.42 Å². The van der Waals surface area contributed by atoms with Crippen LogP contribution in [0.3, 0.4) is 0 Å². The highest BCUT2D eigenvalue weighted by Crippen LogP contribution is 2.18. The molecule has 1 aliphatic rings. The van der Waals surface area contributed by atoms with Crippen LogP contribution in [-0.4, -0.2) is 23.2 Å². The predicted molar refractivity (Wildman–Crippen MR) is 57.6 cm³/mol. The lowest BCUT2D eigenvalue weighted by atomic mass is 10.2. The lowest BCUT2D eigenvalue weighted by Crippen LogP contribution is -2.34. The first kappa shape index (κ1) is 12.3. The van der Waals surface area contributed by atoms with Crippen molar-refractivity contribution in [1.29, 1.82) is 0 Å². The summed E-state index contributed by atoms with van der Waals surface area (Å²) in [4.78, 5) is 16.3. The van der Waals surface area contributed by atoms with Crippen LogP contribution in [0.25, 0.3) is 0 Å². The highest BCUT2D eigenvalue weighted by molar-refractivity contribution is 6.22. The summed E-state index contributed by atoms with van der Waals surface area (Å²) in [6, 6.07) is 0. The van der Waals surface area contributed by atoms with Gasteiger partial charge in [0.1, 0.15) is 11.7 Å². The first-order valence-corrected chi connectivity index (χ1v) is 5.27. The molecule has 0 saturated heterocycles. The molecule has 86 valence electrons. The van der Waals surface area contributed by atoms with Gasteiger partial charge in [0.15, 0.2) is 0 Å². The van der Waals surface area contributed by atoms with Crippen LogP contribution in [-0.2, 0) is 9.57 Å². The number of amides is 1. The molecule has 1 aliphatic carbocycles. The number of hydrogen-bond donors (Lipinski definition) is 1. The third kappa shape index (κ3) is 5.04. The van der Waals surface area contributed by atoms with Gasteiger partial charge in [-0.25, -0.2) is 4.79 Å². The summed E-state index contributed by atoms with van der Waals surface area (Å²) in [7, 11) is 0. The van der Waals surface area contributed by atoms with Gasteiger partial charge in [0.25, 0.3) is 0 Å². The minimum atomic E-state index is -0.589. The number of alkyl halides is 1. The minimum absolute atomic E-state index is 0.0181. The van der Waals surface area contributed by atoms with Gasteiger partial charge in [-0.3, -0.25) is 4.84 Å². The lowest BCUT2D eigenvalue weighted by Gasteiger charge is -2.20. The molecular formula is C10H16ClNO3. The van der Waals surface area contributed by atoms with Gasteiger partial charge in [0.2, 0.25) is 0 Å². The van der Waals surface area contributed by atoms with Crippen molar-refractivity contribution in [1.82, 2.24) is 5.48 Å². The fourth-order valence-corrected chi connectivity index (χ4v) is 1.39. The number of allylic oxidation sites excluding steroid dienone is 1. The molecule has 4 nitrogen and oxygen atoms in total. The Kier molecular flexibility index (Phi) is 3.99. The Morgan fingerprint density at radius 2 is 2.13 bits per heavy atom. The van der Waals surface area contributed by atoms with Gasteiger partial charge in [0, 0.05) is 0 Å². The van der Waals surface area contributed by atoms with Crippen molar-refractivity contribution in [3.63, 3.8) is 0 Å². The monoisotopic (exact) mass is 233 g/mol. The second-order valence-electron chi connectivity index (χ2n) is 4.40. The highest BCUT2D eigenvalue weighted by atomic mass is 35.5.